The lowest BCUT2D eigenvalue weighted by atomic mass is 10.1. The lowest BCUT2D eigenvalue weighted by Crippen LogP contribution is -2.53. The van der Waals surface area contributed by atoms with Crippen LogP contribution in [-0.4, -0.2) is 71.6 Å². The molecule has 3 atom stereocenters. The third-order valence-corrected chi connectivity index (χ3v) is 4.91. The SMILES string of the molecule is COC1CC(=O)N([C@@H](CCCNC(=O)OCc2ccccc2)C(=O)N[C@@H](C)C(=O)O)C1=O. The summed E-state index contributed by atoms with van der Waals surface area (Å²) in [4.78, 5) is 61.1. The monoisotopic (exact) mass is 449 g/mol. The fourth-order valence-electron chi connectivity index (χ4n) is 3.14. The Bertz CT molecular complexity index is 845. The first kappa shape index (κ1) is 24.8. The first-order valence-corrected chi connectivity index (χ1v) is 10.1. The molecule has 1 aromatic carbocycles. The van der Waals surface area contributed by atoms with Crippen LogP contribution in [0.2, 0.25) is 0 Å². The highest BCUT2D eigenvalue weighted by molar-refractivity contribution is 6.08. The van der Waals surface area contributed by atoms with E-state index in [1.165, 1.54) is 14.0 Å². The van der Waals surface area contributed by atoms with E-state index in [2.05, 4.69) is 10.6 Å². The van der Waals surface area contributed by atoms with E-state index in [1.54, 1.807) is 0 Å². The van der Waals surface area contributed by atoms with E-state index in [-0.39, 0.29) is 32.4 Å². The minimum absolute atomic E-state index is 0.0189. The summed E-state index contributed by atoms with van der Waals surface area (Å²) in [5.41, 5.74) is 0.825. The Balaban J connectivity index is 1.92. The van der Waals surface area contributed by atoms with E-state index in [0.717, 1.165) is 10.5 Å². The van der Waals surface area contributed by atoms with Gasteiger partial charge < -0.3 is 25.2 Å². The van der Waals surface area contributed by atoms with Crippen molar-refractivity contribution in [3.63, 3.8) is 0 Å². The van der Waals surface area contributed by atoms with Gasteiger partial charge in [0, 0.05) is 13.7 Å². The van der Waals surface area contributed by atoms with E-state index in [0.29, 0.717) is 0 Å². The third kappa shape index (κ3) is 6.77. The van der Waals surface area contributed by atoms with Gasteiger partial charge in [-0.25, -0.2) is 4.79 Å². The molecular weight excluding hydrogens is 422 g/mol. The summed E-state index contributed by atoms with van der Waals surface area (Å²) in [6, 6.07) is 6.68. The molecule has 1 saturated heterocycles. The number of amides is 4. The van der Waals surface area contributed by atoms with Crippen molar-refractivity contribution in [3.8, 4) is 0 Å². The smallest absolute Gasteiger partial charge is 0.407 e. The van der Waals surface area contributed by atoms with Crippen LogP contribution in [0.15, 0.2) is 30.3 Å². The van der Waals surface area contributed by atoms with E-state index < -0.39 is 48.0 Å². The number of hydrogen-bond donors (Lipinski definition) is 3. The number of imide groups is 1. The second-order valence-electron chi connectivity index (χ2n) is 7.25. The molecule has 0 saturated carbocycles. The molecule has 0 aromatic heterocycles. The Hall–Kier alpha value is -3.47. The van der Waals surface area contributed by atoms with Gasteiger partial charge in [0.2, 0.25) is 11.8 Å². The van der Waals surface area contributed by atoms with Crippen molar-refractivity contribution in [2.45, 2.75) is 51.0 Å². The third-order valence-electron chi connectivity index (χ3n) is 4.91. The molecule has 1 aromatic rings. The van der Waals surface area contributed by atoms with Crippen molar-refractivity contribution >= 4 is 29.8 Å². The zero-order valence-corrected chi connectivity index (χ0v) is 17.9. The second kappa shape index (κ2) is 11.8. The summed E-state index contributed by atoms with van der Waals surface area (Å²) in [7, 11) is 1.28. The van der Waals surface area contributed by atoms with Gasteiger partial charge in [0.05, 0.1) is 6.42 Å². The van der Waals surface area contributed by atoms with E-state index >= 15 is 0 Å². The predicted octanol–water partition coefficient (Wildman–Crippen LogP) is 0.425. The Labute approximate surface area is 185 Å². The maximum absolute atomic E-state index is 12.6. The molecule has 1 aliphatic rings. The molecule has 0 radical (unpaired) electrons. The van der Waals surface area contributed by atoms with Gasteiger partial charge in [0.1, 0.15) is 24.8 Å². The molecule has 32 heavy (non-hydrogen) atoms. The van der Waals surface area contributed by atoms with Crippen molar-refractivity contribution < 1.29 is 38.6 Å². The van der Waals surface area contributed by atoms with Gasteiger partial charge in [-0.3, -0.25) is 24.1 Å². The molecule has 1 fully saturated rings. The summed E-state index contributed by atoms with van der Waals surface area (Å²) in [5.74, 6) is -3.27. The summed E-state index contributed by atoms with van der Waals surface area (Å²) in [6.45, 7) is 1.49. The van der Waals surface area contributed by atoms with E-state index in [4.69, 9.17) is 14.6 Å². The fraction of sp³-hybridized carbons (Fsp3) is 0.476. The van der Waals surface area contributed by atoms with E-state index in [1.807, 2.05) is 30.3 Å². The molecule has 174 valence electrons. The van der Waals surface area contributed by atoms with Crippen LogP contribution in [0.3, 0.4) is 0 Å². The average molecular weight is 449 g/mol. The number of likely N-dealkylation sites (tertiary alicyclic amines) is 1. The number of benzene rings is 1. The van der Waals surface area contributed by atoms with Gasteiger partial charge >= 0.3 is 12.1 Å². The van der Waals surface area contributed by atoms with Crippen molar-refractivity contribution in [1.82, 2.24) is 15.5 Å². The minimum atomic E-state index is -1.26. The number of hydrogen-bond acceptors (Lipinski definition) is 7. The lowest BCUT2D eigenvalue weighted by molar-refractivity contribution is -0.150. The lowest BCUT2D eigenvalue weighted by Gasteiger charge is -2.26. The maximum Gasteiger partial charge on any atom is 0.407 e. The molecular formula is C21H27N3O8. The number of rotatable bonds is 11. The molecule has 0 aliphatic carbocycles. The zero-order chi connectivity index (χ0) is 23.7. The highest BCUT2D eigenvalue weighted by atomic mass is 16.5. The summed E-state index contributed by atoms with van der Waals surface area (Å²) in [6.07, 6.45) is -1.58. The van der Waals surface area contributed by atoms with Crippen LogP contribution in [0.4, 0.5) is 4.79 Å². The largest absolute Gasteiger partial charge is 0.480 e. The number of alkyl carbamates (subject to hydrolysis) is 1. The van der Waals surface area contributed by atoms with Crippen molar-refractivity contribution in [2.24, 2.45) is 0 Å². The molecule has 2 rings (SSSR count). The molecule has 11 heteroatoms. The average Bonchev–Trinajstić information content (AvgIpc) is 3.06. The molecule has 0 bridgehead atoms. The van der Waals surface area contributed by atoms with Crippen LogP contribution in [0.25, 0.3) is 0 Å². The van der Waals surface area contributed by atoms with Crippen LogP contribution in [-0.2, 0) is 35.3 Å². The normalized spacial score (nSPS) is 17.6. The van der Waals surface area contributed by atoms with Gasteiger partial charge in [-0.1, -0.05) is 30.3 Å². The Kier molecular flexibility index (Phi) is 9.14. The molecule has 3 N–H and O–H groups in total. The number of carbonyl (C=O) groups excluding carboxylic acids is 4. The van der Waals surface area contributed by atoms with Gasteiger partial charge in [-0.2, -0.15) is 0 Å². The van der Waals surface area contributed by atoms with Crippen LogP contribution in [0, 0.1) is 0 Å². The summed E-state index contributed by atoms with van der Waals surface area (Å²) < 4.78 is 10.1. The van der Waals surface area contributed by atoms with Crippen LogP contribution >= 0.6 is 0 Å². The zero-order valence-electron chi connectivity index (χ0n) is 17.9. The standard InChI is InChI=1S/C21H27N3O8/c1-13(20(28)29)23-18(26)15(24-17(25)11-16(31-2)19(24)27)9-6-10-22-21(30)32-12-14-7-4-3-5-8-14/h3-5,7-8,13,15-16H,6,9-12H2,1-2H3,(H,22,30)(H,23,26)(H,28,29)/t13-,15-,16?/m0/s1. The molecule has 1 aliphatic heterocycles. The highest BCUT2D eigenvalue weighted by Crippen LogP contribution is 2.21. The number of carboxylic acids is 1. The second-order valence-corrected chi connectivity index (χ2v) is 7.25. The molecule has 1 unspecified atom stereocenters. The molecule has 4 amide bonds. The first-order chi connectivity index (χ1) is 15.2. The predicted molar refractivity (Wildman–Crippen MR) is 110 cm³/mol. The summed E-state index contributed by atoms with van der Waals surface area (Å²) >= 11 is 0. The number of ether oxygens (including phenoxy) is 2. The number of nitrogens with one attached hydrogen (secondary N) is 2. The Morgan fingerprint density at radius 3 is 2.50 bits per heavy atom. The first-order valence-electron chi connectivity index (χ1n) is 10.1. The number of methoxy groups -OCH3 is 1. The van der Waals surface area contributed by atoms with E-state index in [9.17, 15) is 24.0 Å². The maximum atomic E-state index is 12.6. The van der Waals surface area contributed by atoms with Crippen molar-refractivity contribution in [3.05, 3.63) is 35.9 Å². The highest BCUT2D eigenvalue weighted by Gasteiger charge is 2.45. The fourth-order valence-corrected chi connectivity index (χ4v) is 3.14. The summed E-state index contributed by atoms with van der Waals surface area (Å²) in [5, 5.41) is 13.8. The minimum Gasteiger partial charge on any atom is -0.480 e. The number of aliphatic carboxylic acids is 1. The van der Waals surface area contributed by atoms with Crippen molar-refractivity contribution in [1.29, 1.82) is 0 Å². The van der Waals surface area contributed by atoms with Crippen LogP contribution < -0.4 is 10.6 Å². The Morgan fingerprint density at radius 1 is 1.22 bits per heavy atom. The van der Waals surface area contributed by atoms with Crippen LogP contribution in [0.5, 0.6) is 0 Å². The molecule has 0 spiro atoms. The van der Waals surface area contributed by atoms with Crippen LogP contribution in [0.1, 0.15) is 31.7 Å². The number of nitrogens with zero attached hydrogens (tertiary/aromatic N) is 1. The molecule has 11 nitrogen and oxygen atoms in total. The Morgan fingerprint density at radius 2 is 1.91 bits per heavy atom. The number of carboxylic acid groups (broad SMARTS) is 1. The topological polar surface area (TPSA) is 151 Å². The number of carbonyl (C=O) groups is 5. The quantitative estimate of drug-likeness (QED) is 0.325. The van der Waals surface area contributed by atoms with Gasteiger partial charge in [-0.15, -0.1) is 0 Å². The van der Waals surface area contributed by atoms with Gasteiger partial charge in [-0.05, 0) is 25.3 Å². The molecule has 1 heterocycles. The van der Waals surface area contributed by atoms with Gasteiger partial charge in [0.25, 0.3) is 5.91 Å². The van der Waals surface area contributed by atoms with Crippen molar-refractivity contribution in [2.75, 3.05) is 13.7 Å². The van der Waals surface area contributed by atoms with Gasteiger partial charge in [0.15, 0.2) is 0 Å².